The van der Waals surface area contributed by atoms with Gasteiger partial charge in [0.1, 0.15) is 0 Å². The van der Waals surface area contributed by atoms with Crippen LogP contribution in [0.2, 0.25) is 0 Å². The standard InChI is InChI=1S/C21H27N3O/c25-21(23-9-4-12-24-13-10-22-11-14-24)20-15-19(20)18-8-3-6-16-5-1-2-7-17(16)18/h1-3,5-8,19-20,22H,4,9-15H2,(H,23,25). The third-order valence-electron chi connectivity index (χ3n) is 5.51. The third-order valence-corrected chi connectivity index (χ3v) is 5.51. The molecule has 25 heavy (non-hydrogen) atoms. The van der Waals surface area contributed by atoms with Gasteiger partial charge in [-0.05, 0) is 41.6 Å². The summed E-state index contributed by atoms with van der Waals surface area (Å²) >= 11 is 0. The highest BCUT2D eigenvalue weighted by molar-refractivity contribution is 5.89. The Labute approximate surface area is 149 Å². The predicted octanol–water partition coefficient (Wildman–Crippen LogP) is 2.35. The molecule has 0 spiro atoms. The first kappa shape index (κ1) is 16.6. The van der Waals surface area contributed by atoms with Crippen molar-refractivity contribution in [1.29, 1.82) is 0 Å². The van der Waals surface area contributed by atoms with Gasteiger partial charge in [-0.3, -0.25) is 4.79 Å². The van der Waals surface area contributed by atoms with Gasteiger partial charge < -0.3 is 15.5 Å². The predicted molar refractivity (Wildman–Crippen MR) is 102 cm³/mol. The molecule has 0 aromatic heterocycles. The third kappa shape index (κ3) is 3.86. The van der Waals surface area contributed by atoms with Gasteiger partial charge in [-0.25, -0.2) is 0 Å². The summed E-state index contributed by atoms with van der Waals surface area (Å²) in [4.78, 5) is 14.9. The Morgan fingerprint density at radius 3 is 2.80 bits per heavy atom. The number of nitrogens with one attached hydrogen (secondary N) is 2. The van der Waals surface area contributed by atoms with Crippen LogP contribution in [0.25, 0.3) is 10.8 Å². The van der Waals surface area contributed by atoms with Crippen molar-refractivity contribution in [3.63, 3.8) is 0 Å². The quantitative estimate of drug-likeness (QED) is 0.796. The van der Waals surface area contributed by atoms with E-state index in [2.05, 4.69) is 58.0 Å². The van der Waals surface area contributed by atoms with Crippen LogP contribution in [0.5, 0.6) is 0 Å². The fourth-order valence-corrected chi connectivity index (χ4v) is 3.98. The Morgan fingerprint density at radius 1 is 1.12 bits per heavy atom. The van der Waals surface area contributed by atoms with E-state index in [4.69, 9.17) is 0 Å². The molecule has 4 rings (SSSR count). The SMILES string of the molecule is O=C(NCCCN1CCNCC1)C1CC1c1cccc2ccccc12. The van der Waals surface area contributed by atoms with Gasteiger partial charge in [-0.1, -0.05) is 42.5 Å². The summed E-state index contributed by atoms with van der Waals surface area (Å²) in [5.74, 6) is 0.780. The number of hydrogen-bond acceptors (Lipinski definition) is 3. The van der Waals surface area contributed by atoms with E-state index in [1.54, 1.807) is 0 Å². The average Bonchev–Trinajstić information content (AvgIpc) is 3.46. The fourth-order valence-electron chi connectivity index (χ4n) is 3.98. The first-order valence-electron chi connectivity index (χ1n) is 9.51. The zero-order valence-electron chi connectivity index (χ0n) is 14.7. The van der Waals surface area contributed by atoms with Crippen molar-refractivity contribution in [2.45, 2.75) is 18.8 Å². The van der Waals surface area contributed by atoms with Crippen molar-refractivity contribution >= 4 is 16.7 Å². The van der Waals surface area contributed by atoms with E-state index in [0.29, 0.717) is 5.92 Å². The Morgan fingerprint density at radius 2 is 1.92 bits per heavy atom. The van der Waals surface area contributed by atoms with Gasteiger partial charge >= 0.3 is 0 Å². The molecule has 132 valence electrons. The first-order chi connectivity index (χ1) is 12.3. The summed E-state index contributed by atoms with van der Waals surface area (Å²) in [5.41, 5.74) is 1.33. The van der Waals surface area contributed by atoms with Gasteiger partial charge in [0.15, 0.2) is 0 Å². The van der Waals surface area contributed by atoms with E-state index in [-0.39, 0.29) is 11.8 Å². The van der Waals surface area contributed by atoms with Gasteiger partial charge in [0.25, 0.3) is 0 Å². The molecule has 1 aliphatic heterocycles. The molecule has 2 N–H and O–H groups in total. The Hall–Kier alpha value is -1.91. The number of carbonyl (C=O) groups is 1. The van der Waals surface area contributed by atoms with Crippen LogP contribution >= 0.6 is 0 Å². The number of hydrogen-bond donors (Lipinski definition) is 2. The van der Waals surface area contributed by atoms with Crippen LogP contribution in [0.15, 0.2) is 42.5 Å². The van der Waals surface area contributed by atoms with Crippen molar-refractivity contribution in [3.8, 4) is 0 Å². The number of piperazine rings is 1. The lowest BCUT2D eigenvalue weighted by molar-refractivity contribution is -0.122. The molecular formula is C21H27N3O. The largest absolute Gasteiger partial charge is 0.356 e. The van der Waals surface area contributed by atoms with Gasteiger partial charge in [-0.2, -0.15) is 0 Å². The number of benzene rings is 2. The number of fused-ring (bicyclic) bond motifs is 1. The molecule has 1 heterocycles. The molecule has 4 heteroatoms. The molecule has 2 fully saturated rings. The highest BCUT2D eigenvalue weighted by atomic mass is 16.2. The van der Waals surface area contributed by atoms with Crippen molar-refractivity contribution < 1.29 is 4.79 Å². The molecule has 1 saturated heterocycles. The molecule has 1 saturated carbocycles. The van der Waals surface area contributed by atoms with Crippen LogP contribution in [-0.4, -0.2) is 50.1 Å². The summed E-state index contributed by atoms with van der Waals surface area (Å²) in [6.45, 7) is 6.29. The summed E-state index contributed by atoms with van der Waals surface area (Å²) in [6, 6.07) is 14.9. The minimum Gasteiger partial charge on any atom is -0.356 e. The van der Waals surface area contributed by atoms with Crippen LogP contribution in [0.4, 0.5) is 0 Å². The molecule has 2 atom stereocenters. The molecule has 2 aromatic rings. The van der Waals surface area contributed by atoms with E-state index in [9.17, 15) is 4.79 Å². The lowest BCUT2D eigenvalue weighted by atomic mass is 10.00. The number of nitrogens with zero attached hydrogens (tertiary/aromatic N) is 1. The molecule has 2 unspecified atom stereocenters. The number of carbonyl (C=O) groups excluding carboxylic acids is 1. The molecule has 2 aliphatic rings. The summed E-state index contributed by atoms with van der Waals surface area (Å²) in [5, 5.41) is 9.08. The van der Waals surface area contributed by atoms with Crippen molar-refractivity contribution in [1.82, 2.24) is 15.5 Å². The molecule has 0 radical (unpaired) electrons. The highest BCUT2D eigenvalue weighted by Crippen LogP contribution is 2.49. The van der Waals surface area contributed by atoms with Crippen LogP contribution < -0.4 is 10.6 Å². The Bertz CT molecular complexity index is 734. The monoisotopic (exact) mass is 337 g/mol. The number of rotatable bonds is 6. The molecule has 2 aromatic carbocycles. The second kappa shape index (κ2) is 7.54. The van der Waals surface area contributed by atoms with E-state index in [0.717, 1.165) is 52.1 Å². The van der Waals surface area contributed by atoms with E-state index >= 15 is 0 Å². The molecule has 1 amide bonds. The molecule has 1 aliphatic carbocycles. The zero-order chi connectivity index (χ0) is 17.1. The minimum atomic E-state index is 0.157. The summed E-state index contributed by atoms with van der Waals surface area (Å²) in [7, 11) is 0. The average molecular weight is 337 g/mol. The second-order valence-electron chi connectivity index (χ2n) is 7.25. The number of amides is 1. The maximum atomic E-state index is 12.4. The van der Waals surface area contributed by atoms with Gasteiger partial charge in [0, 0.05) is 38.6 Å². The molecule has 4 nitrogen and oxygen atoms in total. The van der Waals surface area contributed by atoms with Crippen molar-refractivity contribution in [2.24, 2.45) is 5.92 Å². The van der Waals surface area contributed by atoms with Crippen molar-refractivity contribution in [2.75, 3.05) is 39.3 Å². The van der Waals surface area contributed by atoms with E-state index < -0.39 is 0 Å². The van der Waals surface area contributed by atoms with Crippen molar-refractivity contribution in [3.05, 3.63) is 48.0 Å². The second-order valence-corrected chi connectivity index (χ2v) is 7.25. The zero-order valence-corrected chi connectivity index (χ0v) is 14.7. The molecule has 0 bridgehead atoms. The molecular weight excluding hydrogens is 310 g/mol. The van der Waals surface area contributed by atoms with Gasteiger partial charge in [0.05, 0.1) is 0 Å². The van der Waals surface area contributed by atoms with Crippen LogP contribution in [-0.2, 0) is 4.79 Å². The summed E-state index contributed by atoms with van der Waals surface area (Å²) < 4.78 is 0. The highest BCUT2D eigenvalue weighted by Gasteiger charge is 2.44. The Balaban J connectivity index is 1.27. The maximum absolute atomic E-state index is 12.4. The summed E-state index contributed by atoms with van der Waals surface area (Å²) in [6.07, 6.45) is 2.02. The van der Waals surface area contributed by atoms with E-state index in [1.807, 2.05) is 0 Å². The van der Waals surface area contributed by atoms with Crippen LogP contribution in [0.3, 0.4) is 0 Å². The lowest BCUT2D eigenvalue weighted by Gasteiger charge is -2.27. The van der Waals surface area contributed by atoms with Crippen LogP contribution in [0.1, 0.15) is 24.3 Å². The maximum Gasteiger partial charge on any atom is 0.223 e. The first-order valence-corrected chi connectivity index (χ1v) is 9.51. The fraction of sp³-hybridized carbons (Fsp3) is 0.476. The smallest absolute Gasteiger partial charge is 0.223 e. The van der Waals surface area contributed by atoms with Gasteiger partial charge in [-0.15, -0.1) is 0 Å². The van der Waals surface area contributed by atoms with Crippen LogP contribution in [0, 0.1) is 5.92 Å². The Kier molecular flexibility index (Phi) is 4.99. The lowest BCUT2D eigenvalue weighted by Crippen LogP contribution is -2.44. The normalized spacial score (nSPS) is 23.5. The topological polar surface area (TPSA) is 44.4 Å². The van der Waals surface area contributed by atoms with Gasteiger partial charge in [0.2, 0.25) is 5.91 Å². The van der Waals surface area contributed by atoms with E-state index in [1.165, 1.54) is 16.3 Å². The minimum absolute atomic E-state index is 0.157.